The van der Waals surface area contributed by atoms with Gasteiger partial charge in [0.2, 0.25) is 10.9 Å². The summed E-state index contributed by atoms with van der Waals surface area (Å²) in [6.07, 6.45) is 2.71. The van der Waals surface area contributed by atoms with Crippen LogP contribution in [0.5, 0.6) is 0 Å². The quantitative estimate of drug-likeness (QED) is 0.560. The van der Waals surface area contributed by atoms with Gasteiger partial charge in [0.05, 0.1) is 13.2 Å². The van der Waals surface area contributed by atoms with E-state index in [0.717, 1.165) is 55.5 Å². The number of amides is 2. The fourth-order valence-corrected chi connectivity index (χ4v) is 3.89. The summed E-state index contributed by atoms with van der Waals surface area (Å²) in [5.41, 5.74) is 1.86. The third kappa shape index (κ3) is 7.47. The summed E-state index contributed by atoms with van der Waals surface area (Å²) in [5, 5.41) is 14.9. The van der Waals surface area contributed by atoms with Gasteiger partial charge in [-0.25, -0.2) is 0 Å². The Hall–Kier alpha value is -2.36. The van der Waals surface area contributed by atoms with Crippen molar-refractivity contribution in [2.75, 3.05) is 44.7 Å². The summed E-state index contributed by atoms with van der Waals surface area (Å²) in [4.78, 5) is 26.6. The first kappa shape index (κ1) is 22.3. The normalized spacial score (nSPS) is 14.4. The summed E-state index contributed by atoms with van der Waals surface area (Å²) in [5.74, 6) is -0.209. The van der Waals surface area contributed by atoms with E-state index in [4.69, 9.17) is 4.74 Å². The van der Waals surface area contributed by atoms with Crippen LogP contribution in [0.2, 0.25) is 0 Å². The van der Waals surface area contributed by atoms with Gasteiger partial charge in [-0.2, -0.15) is 0 Å². The van der Waals surface area contributed by atoms with Crippen LogP contribution >= 0.6 is 11.3 Å². The van der Waals surface area contributed by atoms with Crippen LogP contribution in [0.1, 0.15) is 39.6 Å². The first-order valence-corrected chi connectivity index (χ1v) is 11.2. The van der Waals surface area contributed by atoms with Gasteiger partial charge in [-0.1, -0.05) is 29.0 Å². The van der Waals surface area contributed by atoms with E-state index in [1.165, 1.54) is 11.3 Å². The lowest BCUT2D eigenvalue weighted by Crippen LogP contribution is -2.38. The molecule has 1 fully saturated rings. The van der Waals surface area contributed by atoms with Crippen LogP contribution in [0.25, 0.3) is 0 Å². The van der Waals surface area contributed by atoms with Crippen molar-refractivity contribution in [3.63, 3.8) is 0 Å². The molecule has 1 aromatic carbocycles. The van der Waals surface area contributed by atoms with E-state index in [1.54, 1.807) is 0 Å². The van der Waals surface area contributed by atoms with Gasteiger partial charge >= 0.3 is 0 Å². The zero-order valence-corrected chi connectivity index (χ0v) is 18.2. The molecule has 8 nitrogen and oxygen atoms in total. The van der Waals surface area contributed by atoms with Crippen molar-refractivity contribution in [1.82, 2.24) is 20.4 Å². The van der Waals surface area contributed by atoms with E-state index < -0.39 is 0 Å². The van der Waals surface area contributed by atoms with Gasteiger partial charge in [0.15, 0.2) is 0 Å². The van der Waals surface area contributed by atoms with Crippen LogP contribution in [-0.4, -0.2) is 66.3 Å². The number of hydrogen-bond acceptors (Lipinski definition) is 7. The van der Waals surface area contributed by atoms with Gasteiger partial charge in [0.1, 0.15) is 5.01 Å². The molecule has 2 heterocycles. The number of ether oxygens (including phenoxy) is 1. The molecule has 2 amide bonds. The summed E-state index contributed by atoms with van der Waals surface area (Å²) >= 11 is 1.27. The van der Waals surface area contributed by atoms with Crippen molar-refractivity contribution >= 4 is 28.8 Å². The van der Waals surface area contributed by atoms with E-state index in [0.29, 0.717) is 30.8 Å². The predicted octanol–water partition coefficient (Wildman–Crippen LogP) is 2.26. The Balaban J connectivity index is 1.30. The Morgan fingerprint density at radius 3 is 2.67 bits per heavy atom. The summed E-state index contributed by atoms with van der Waals surface area (Å²) in [7, 11) is 0. The molecular weight excluding hydrogens is 402 g/mol. The minimum Gasteiger partial charge on any atom is -0.379 e. The fourth-order valence-electron chi connectivity index (χ4n) is 3.11. The largest absolute Gasteiger partial charge is 0.379 e. The standard InChI is InChI=1S/C21H29N5O3S/c1-16-6-8-17(9-7-16)23-20(28)21-25-24-19(30-21)5-2-4-18(27)22-10-3-11-26-12-14-29-15-13-26/h6-9H,2-5,10-15H2,1H3,(H,22,27)(H,23,28). The molecule has 0 atom stereocenters. The number of nitrogens with one attached hydrogen (secondary N) is 2. The molecule has 0 aliphatic carbocycles. The molecule has 162 valence electrons. The van der Waals surface area contributed by atoms with Crippen LogP contribution in [0.3, 0.4) is 0 Å². The molecule has 1 aromatic heterocycles. The highest BCUT2D eigenvalue weighted by Crippen LogP contribution is 2.15. The summed E-state index contributed by atoms with van der Waals surface area (Å²) < 4.78 is 5.33. The van der Waals surface area contributed by atoms with Crippen molar-refractivity contribution in [2.45, 2.75) is 32.6 Å². The lowest BCUT2D eigenvalue weighted by molar-refractivity contribution is -0.121. The third-order valence-electron chi connectivity index (χ3n) is 4.84. The maximum atomic E-state index is 12.3. The number of rotatable bonds is 10. The van der Waals surface area contributed by atoms with Crippen molar-refractivity contribution in [3.8, 4) is 0 Å². The second-order valence-corrected chi connectivity index (χ2v) is 8.39. The van der Waals surface area contributed by atoms with Gasteiger partial charge in [-0.05, 0) is 38.4 Å². The molecule has 3 rings (SSSR count). The highest BCUT2D eigenvalue weighted by molar-refractivity contribution is 7.13. The van der Waals surface area contributed by atoms with E-state index in [2.05, 4.69) is 25.7 Å². The number of hydrogen-bond donors (Lipinski definition) is 2. The minimum atomic E-state index is -0.263. The van der Waals surface area contributed by atoms with Crippen LogP contribution in [0, 0.1) is 6.92 Å². The van der Waals surface area contributed by atoms with Crippen molar-refractivity contribution in [2.24, 2.45) is 0 Å². The van der Waals surface area contributed by atoms with Gasteiger partial charge in [-0.3, -0.25) is 14.5 Å². The third-order valence-corrected chi connectivity index (χ3v) is 5.82. The molecule has 0 bridgehead atoms. The van der Waals surface area contributed by atoms with Crippen molar-refractivity contribution < 1.29 is 14.3 Å². The molecule has 0 unspecified atom stereocenters. The minimum absolute atomic E-state index is 0.0545. The summed E-state index contributed by atoms with van der Waals surface area (Å²) in [6.45, 7) is 7.22. The van der Waals surface area contributed by atoms with Crippen molar-refractivity contribution in [3.05, 3.63) is 39.8 Å². The van der Waals surface area contributed by atoms with E-state index in [1.807, 2.05) is 31.2 Å². The monoisotopic (exact) mass is 431 g/mol. The second kappa shape index (κ2) is 11.7. The Bertz CT molecular complexity index is 818. The topological polar surface area (TPSA) is 96.5 Å². The lowest BCUT2D eigenvalue weighted by atomic mass is 10.2. The fraction of sp³-hybridized carbons (Fsp3) is 0.524. The van der Waals surface area contributed by atoms with E-state index in [-0.39, 0.29) is 11.8 Å². The van der Waals surface area contributed by atoms with Crippen LogP contribution in [0.15, 0.2) is 24.3 Å². The highest BCUT2D eigenvalue weighted by Gasteiger charge is 2.14. The molecule has 1 saturated heterocycles. The molecule has 1 aliphatic heterocycles. The molecule has 9 heteroatoms. The van der Waals surface area contributed by atoms with Crippen molar-refractivity contribution in [1.29, 1.82) is 0 Å². The molecule has 2 aromatic rings. The van der Waals surface area contributed by atoms with Gasteiger partial charge in [-0.15, -0.1) is 10.2 Å². The lowest BCUT2D eigenvalue weighted by Gasteiger charge is -2.26. The maximum Gasteiger partial charge on any atom is 0.286 e. The predicted molar refractivity (Wildman–Crippen MR) is 117 cm³/mol. The number of benzene rings is 1. The Labute approximate surface area is 181 Å². The number of aromatic nitrogens is 2. The average molecular weight is 432 g/mol. The molecule has 0 saturated carbocycles. The van der Waals surface area contributed by atoms with Crippen LogP contribution in [-0.2, 0) is 16.0 Å². The molecule has 0 radical (unpaired) electrons. The molecule has 30 heavy (non-hydrogen) atoms. The number of carbonyl (C=O) groups is 2. The molecule has 2 N–H and O–H groups in total. The van der Waals surface area contributed by atoms with Gasteiger partial charge < -0.3 is 15.4 Å². The Morgan fingerprint density at radius 2 is 1.90 bits per heavy atom. The van der Waals surface area contributed by atoms with E-state index >= 15 is 0 Å². The number of morpholine rings is 1. The smallest absolute Gasteiger partial charge is 0.286 e. The summed E-state index contributed by atoms with van der Waals surface area (Å²) in [6, 6.07) is 7.59. The van der Waals surface area contributed by atoms with Gasteiger partial charge in [0, 0.05) is 38.2 Å². The number of aryl methyl sites for hydroxylation is 2. The number of anilines is 1. The Morgan fingerprint density at radius 1 is 1.13 bits per heavy atom. The van der Waals surface area contributed by atoms with Gasteiger partial charge in [0.25, 0.3) is 5.91 Å². The van der Waals surface area contributed by atoms with Crippen LogP contribution < -0.4 is 10.6 Å². The van der Waals surface area contributed by atoms with Crippen LogP contribution in [0.4, 0.5) is 5.69 Å². The first-order valence-electron chi connectivity index (χ1n) is 10.4. The molecule has 1 aliphatic rings. The number of carbonyl (C=O) groups excluding carboxylic acids is 2. The highest BCUT2D eigenvalue weighted by atomic mass is 32.1. The second-order valence-electron chi connectivity index (χ2n) is 7.33. The Kier molecular flexibility index (Phi) is 8.73. The zero-order chi connectivity index (χ0) is 21.2. The first-order chi connectivity index (χ1) is 14.6. The molecule has 0 spiro atoms. The SMILES string of the molecule is Cc1ccc(NC(=O)c2nnc(CCCC(=O)NCCCN3CCOCC3)s2)cc1. The van der Waals surface area contributed by atoms with E-state index in [9.17, 15) is 9.59 Å². The molecular formula is C21H29N5O3S. The maximum absolute atomic E-state index is 12.3. The number of nitrogens with zero attached hydrogens (tertiary/aromatic N) is 3. The average Bonchev–Trinajstić information content (AvgIpc) is 3.23. The zero-order valence-electron chi connectivity index (χ0n) is 17.4.